The summed E-state index contributed by atoms with van der Waals surface area (Å²) in [7, 11) is 0. The SMILES string of the molecule is CC[C@@H](C(=O)NCc1ccc(F)cc1)n1nc(C)c2c(C)n(-c3ccccc3)nc2c1=O. The lowest BCUT2D eigenvalue weighted by Gasteiger charge is -2.17. The van der Waals surface area contributed by atoms with Crippen molar-refractivity contribution < 1.29 is 9.18 Å². The quantitative estimate of drug-likeness (QED) is 0.504. The van der Waals surface area contributed by atoms with Crippen LogP contribution in [0.2, 0.25) is 0 Å². The predicted molar refractivity (Wildman–Crippen MR) is 120 cm³/mol. The zero-order valence-electron chi connectivity index (χ0n) is 18.2. The number of carbonyl (C=O) groups excluding carboxylic acids is 1. The topological polar surface area (TPSA) is 81.8 Å². The summed E-state index contributed by atoms with van der Waals surface area (Å²) in [6.45, 7) is 5.76. The van der Waals surface area contributed by atoms with E-state index >= 15 is 0 Å². The van der Waals surface area contributed by atoms with Crippen molar-refractivity contribution in [2.75, 3.05) is 0 Å². The lowest BCUT2D eigenvalue weighted by molar-refractivity contribution is -0.125. The van der Waals surface area contributed by atoms with Crippen molar-refractivity contribution in [3.05, 3.63) is 87.7 Å². The Hall–Kier alpha value is -3.81. The van der Waals surface area contributed by atoms with Crippen LogP contribution in [-0.2, 0) is 11.3 Å². The van der Waals surface area contributed by atoms with Crippen molar-refractivity contribution in [1.82, 2.24) is 24.9 Å². The average Bonchev–Trinajstić information content (AvgIpc) is 3.15. The van der Waals surface area contributed by atoms with E-state index in [-0.39, 0.29) is 23.8 Å². The molecule has 8 heteroatoms. The number of benzene rings is 2. The monoisotopic (exact) mass is 433 g/mol. The van der Waals surface area contributed by atoms with Crippen LogP contribution in [0.15, 0.2) is 59.4 Å². The Morgan fingerprint density at radius 3 is 2.41 bits per heavy atom. The van der Waals surface area contributed by atoms with Gasteiger partial charge < -0.3 is 5.32 Å². The molecular weight excluding hydrogens is 409 g/mol. The van der Waals surface area contributed by atoms with E-state index in [1.165, 1.54) is 16.8 Å². The summed E-state index contributed by atoms with van der Waals surface area (Å²) in [5.74, 6) is -0.666. The lowest BCUT2D eigenvalue weighted by atomic mass is 10.1. The Labute approximate surface area is 184 Å². The molecule has 0 aliphatic heterocycles. The molecule has 0 aliphatic rings. The fourth-order valence-electron chi connectivity index (χ4n) is 3.86. The first-order chi connectivity index (χ1) is 15.4. The first kappa shape index (κ1) is 21.4. The number of aromatic nitrogens is 4. The van der Waals surface area contributed by atoms with Gasteiger partial charge in [0.25, 0.3) is 5.56 Å². The summed E-state index contributed by atoms with van der Waals surface area (Å²) in [5.41, 5.74) is 2.92. The molecule has 1 atom stereocenters. The van der Waals surface area contributed by atoms with Gasteiger partial charge in [0.2, 0.25) is 5.91 Å². The molecular formula is C24H24FN5O2. The van der Waals surface area contributed by atoms with Gasteiger partial charge in [-0.25, -0.2) is 13.8 Å². The smallest absolute Gasteiger partial charge is 0.295 e. The van der Waals surface area contributed by atoms with Gasteiger partial charge in [0.05, 0.1) is 22.5 Å². The maximum atomic E-state index is 13.3. The molecule has 0 fully saturated rings. The van der Waals surface area contributed by atoms with Crippen molar-refractivity contribution in [1.29, 1.82) is 0 Å². The van der Waals surface area contributed by atoms with Crippen molar-refractivity contribution in [3.63, 3.8) is 0 Å². The third-order valence-corrected chi connectivity index (χ3v) is 5.51. The van der Waals surface area contributed by atoms with Crippen LogP contribution in [0.5, 0.6) is 0 Å². The molecule has 7 nitrogen and oxygen atoms in total. The van der Waals surface area contributed by atoms with Gasteiger partial charge in [0.15, 0.2) is 5.52 Å². The summed E-state index contributed by atoms with van der Waals surface area (Å²) < 4.78 is 16.0. The molecule has 1 amide bonds. The fraction of sp³-hybridized carbons (Fsp3) is 0.250. The van der Waals surface area contributed by atoms with Crippen LogP contribution in [0.4, 0.5) is 4.39 Å². The lowest BCUT2D eigenvalue weighted by Crippen LogP contribution is -2.38. The van der Waals surface area contributed by atoms with E-state index in [1.54, 1.807) is 16.8 Å². The Balaban J connectivity index is 1.69. The fourth-order valence-corrected chi connectivity index (χ4v) is 3.86. The molecule has 0 spiro atoms. The van der Waals surface area contributed by atoms with Crippen LogP contribution in [0.25, 0.3) is 16.6 Å². The second-order valence-electron chi connectivity index (χ2n) is 7.66. The van der Waals surface area contributed by atoms with Gasteiger partial charge in [0.1, 0.15) is 11.9 Å². The number of hydrogen-bond donors (Lipinski definition) is 1. The molecule has 2 heterocycles. The molecule has 0 aliphatic carbocycles. The third-order valence-electron chi connectivity index (χ3n) is 5.51. The van der Waals surface area contributed by atoms with Gasteiger partial charge in [-0.15, -0.1) is 0 Å². The van der Waals surface area contributed by atoms with Crippen molar-refractivity contribution in [3.8, 4) is 5.69 Å². The zero-order chi connectivity index (χ0) is 22.8. The Morgan fingerprint density at radius 2 is 1.75 bits per heavy atom. The van der Waals surface area contributed by atoms with Gasteiger partial charge in [-0.3, -0.25) is 9.59 Å². The highest BCUT2D eigenvalue weighted by Gasteiger charge is 2.25. The van der Waals surface area contributed by atoms with Crippen LogP contribution >= 0.6 is 0 Å². The summed E-state index contributed by atoms with van der Waals surface area (Å²) in [6, 6.07) is 14.7. The van der Waals surface area contributed by atoms with E-state index in [0.29, 0.717) is 17.5 Å². The molecule has 1 N–H and O–H groups in total. The van der Waals surface area contributed by atoms with E-state index in [1.807, 2.05) is 51.1 Å². The predicted octanol–water partition coefficient (Wildman–Crippen LogP) is 3.61. The molecule has 2 aromatic heterocycles. The molecule has 0 bridgehead atoms. The summed E-state index contributed by atoms with van der Waals surface area (Å²) >= 11 is 0. The molecule has 0 unspecified atom stereocenters. The Kier molecular flexibility index (Phi) is 5.85. The number of fused-ring (bicyclic) bond motifs is 1. The van der Waals surface area contributed by atoms with Gasteiger partial charge >= 0.3 is 0 Å². The Bertz CT molecular complexity index is 1330. The molecule has 0 radical (unpaired) electrons. The summed E-state index contributed by atoms with van der Waals surface area (Å²) in [4.78, 5) is 26.2. The molecule has 2 aromatic carbocycles. The number of rotatable bonds is 6. The first-order valence-electron chi connectivity index (χ1n) is 10.5. The number of carbonyl (C=O) groups is 1. The van der Waals surface area contributed by atoms with Crippen molar-refractivity contribution in [2.45, 2.75) is 39.8 Å². The van der Waals surface area contributed by atoms with Gasteiger partial charge in [-0.2, -0.15) is 10.2 Å². The maximum absolute atomic E-state index is 13.3. The number of amides is 1. The molecule has 164 valence electrons. The standard InChI is InChI=1S/C24H24FN5O2/c1-4-20(23(31)26-14-17-10-12-18(25)13-11-17)30-24(32)22-21(15(2)27-30)16(3)29(28-22)19-8-6-5-7-9-19/h5-13,20H,4,14H2,1-3H3,(H,26,31)/t20-/m0/s1. The Morgan fingerprint density at radius 1 is 1.06 bits per heavy atom. The normalized spacial score (nSPS) is 12.1. The zero-order valence-corrected chi connectivity index (χ0v) is 18.2. The maximum Gasteiger partial charge on any atom is 0.295 e. The van der Waals surface area contributed by atoms with Crippen LogP contribution in [0, 0.1) is 19.7 Å². The van der Waals surface area contributed by atoms with Gasteiger partial charge in [-0.1, -0.05) is 37.3 Å². The van der Waals surface area contributed by atoms with Crippen LogP contribution in [-0.4, -0.2) is 25.5 Å². The van der Waals surface area contributed by atoms with E-state index in [2.05, 4.69) is 15.5 Å². The summed E-state index contributed by atoms with van der Waals surface area (Å²) in [5, 5.41) is 12.5. The molecule has 4 rings (SSSR count). The minimum Gasteiger partial charge on any atom is -0.350 e. The number of aryl methyl sites for hydroxylation is 2. The average molecular weight is 433 g/mol. The summed E-state index contributed by atoms with van der Waals surface area (Å²) in [6.07, 6.45) is 0.380. The second-order valence-corrected chi connectivity index (χ2v) is 7.66. The molecule has 32 heavy (non-hydrogen) atoms. The minimum absolute atomic E-state index is 0.229. The van der Waals surface area contributed by atoms with Gasteiger partial charge in [-0.05, 0) is 50.1 Å². The van der Waals surface area contributed by atoms with Crippen LogP contribution < -0.4 is 10.9 Å². The number of para-hydroxylation sites is 1. The van der Waals surface area contributed by atoms with E-state index < -0.39 is 11.6 Å². The molecule has 0 saturated heterocycles. The van der Waals surface area contributed by atoms with Crippen molar-refractivity contribution >= 4 is 16.8 Å². The highest BCUT2D eigenvalue weighted by Crippen LogP contribution is 2.22. The number of nitrogens with one attached hydrogen (secondary N) is 1. The minimum atomic E-state index is -0.784. The third kappa shape index (κ3) is 3.91. The largest absolute Gasteiger partial charge is 0.350 e. The highest BCUT2D eigenvalue weighted by atomic mass is 19.1. The number of nitrogens with zero attached hydrogens (tertiary/aromatic N) is 4. The second kappa shape index (κ2) is 8.74. The molecule has 4 aromatic rings. The van der Waals surface area contributed by atoms with Gasteiger partial charge in [0, 0.05) is 6.54 Å². The van der Waals surface area contributed by atoms with Crippen LogP contribution in [0.1, 0.15) is 36.3 Å². The van der Waals surface area contributed by atoms with Crippen LogP contribution in [0.3, 0.4) is 0 Å². The van der Waals surface area contributed by atoms with E-state index in [4.69, 9.17) is 0 Å². The molecule has 0 saturated carbocycles. The van der Waals surface area contributed by atoms with E-state index in [0.717, 1.165) is 16.9 Å². The highest BCUT2D eigenvalue weighted by molar-refractivity contribution is 5.84. The number of halogens is 1. The van der Waals surface area contributed by atoms with E-state index in [9.17, 15) is 14.0 Å². The number of hydrogen-bond acceptors (Lipinski definition) is 4. The van der Waals surface area contributed by atoms with Crippen molar-refractivity contribution in [2.24, 2.45) is 0 Å². The first-order valence-corrected chi connectivity index (χ1v) is 10.5.